The standard InChI is InChI=1S/C49H66F2N10O4.C10H12O.C3H6.2C2H6/c1-52-49(63)59-24-16-44-43(32-59)48(60-17-6-7-37-27-41(38-29-53-55(2)31-38)42(47(50)51)28-45(37)60)54-61(44)40-14-22-58(23-15-40)46(62)34-65-26-25-64-33-36-10-18-56(19-11-36)30-35-12-20-57(21-13-35)39-8-4-3-5-9-39;11-10-6-5-8-3-1-2-4-9(8)7-10;1-3-2;2*1-2/h3-5,8-9,27-29,31,35-36,40,47H,6-7,10-26,30,32-34H2,1-2H3,(H,52,63);5-7,11H,1-4H2;3H,1H2,2H3;2*1-2H3. The maximum absolute atomic E-state index is 14.7. The monoisotopic (exact) mass is 1150 g/mol. The fraction of sp³-hybridized carbons (Fsp3) is 0.576. The molecule has 3 aromatic carbocycles. The molecule has 7 heterocycles. The van der Waals surface area contributed by atoms with Gasteiger partial charge in [-0.3, -0.25) is 14.2 Å². The van der Waals surface area contributed by atoms with Crippen LogP contribution in [-0.2, 0) is 53.5 Å². The van der Waals surface area contributed by atoms with Crippen molar-refractivity contribution in [2.45, 2.75) is 137 Å². The summed E-state index contributed by atoms with van der Waals surface area (Å²) in [5, 5.41) is 21.5. The molecule has 2 aromatic heterocycles. The molecule has 5 aliphatic heterocycles. The molecular weight excluding hydrogens is 1050 g/mol. The Morgan fingerprint density at radius 1 is 0.783 bits per heavy atom. The Labute approximate surface area is 494 Å². The number of carbonyl (C=O) groups is 2. The van der Waals surface area contributed by atoms with Crippen molar-refractivity contribution in [3.05, 3.63) is 119 Å². The molecule has 1 aliphatic carbocycles. The summed E-state index contributed by atoms with van der Waals surface area (Å²) >= 11 is 0. The summed E-state index contributed by atoms with van der Waals surface area (Å²) in [4.78, 5) is 37.1. The van der Waals surface area contributed by atoms with Crippen LogP contribution in [0.2, 0.25) is 0 Å². The number of carbonyl (C=O) groups excluding carboxylic acids is 2. The van der Waals surface area contributed by atoms with Crippen molar-refractivity contribution in [3.63, 3.8) is 0 Å². The van der Waals surface area contributed by atoms with Gasteiger partial charge in [-0.05, 0) is 168 Å². The fourth-order valence-electron chi connectivity index (χ4n) is 12.6. The van der Waals surface area contributed by atoms with Crippen molar-refractivity contribution >= 4 is 29.1 Å². The van der Waals surface area contributed by atoms with E-state index in [2.05, 4.69) is 66.7 Å². The van der Waals surface area contributed by atoms with Gasteiger partial charge in [-0.25, -0.2) is 13.6 Å². The number of nitrogens with zero attached hydrogens (tertiary/aromatic N) is 9. The Morgan fingerprint density at radius 2 is 1.46 bits per heavy atom. The normalized spacial score (nSPS) is 17.5. The number of para-hydroxylation sites is 1. The number of hydrogen-bond acceptors (Lipinski definition) is 10. The second-order valence-electron chi connectivity index (χ2n) is 22.3. The number of allylic oxidation sites excluding steroid dienone is 1. The molecule has 3 saturated heterocycles. The molecule has 0 atom stereocenters. The van der Waals surface area contributed by atoms with Crippen LogP contribution in [0.3, 0.4) is 0 Å². The molecule has 0 bridgehead atoms. The second-order valence-corrected chi connectivity index (χ2v) is 22.3. The molecule has 0 radical (unpaired) electrons. The average molecular weight is 1150 g/mol. The molecule has 2 N–H and O–H groups in total. The summed E-state index contributed by atoms with van der Waals surface area (Å²) in [5.41, 5.74) is 8.98. The number of phenols is 1. The van der Waals surface area contributed by atoms with Gasteiger partial charge >= 0.3 is 6.03 Å². The van der Waals surface area contributed by atoms with E-state index in [-0.39, 0.29) is 30.2 Å². The number of aromatic nitrogens is 4. The number of rotatable bonds is 14. The minimum Gasteiger partial charge on any atom is -0.508 e. The first kappa shape index (κ1) is 64.3. The molecule has 0 spiro atoms. The summed E-state index contributed by atoms with van der Waals surface area (Å²) in [7, 11) is 3.41. The first-order valence-corrected chi connectivity index (χ1v) is 31.1. The lowest BCUT2D eigenvalue weighted by molar-refractivity contribution is -0.138. The smallest absolute Gasteiger partial charge is 0.317 e. The van der Waals surface area contributed by atoms with Crippen LogP contribution in [0.25, 0.3) is 11.1 Å². The van der Waals surface area contributed by atoms with E-state index >= 15 is 0 Å². The van der Waals surface area contributed by atoms with Gasteiger partial charge in [0, 0.05) is 113 Å². The van der Waals surface area contributed by atoms with Gasteiger partial charge in [-0.1, -0.05) is 58.0 Å². The van der Waals surface area contributed by atoms with Gasteiger partial charge in [-0.2, -0.15) is 10.2 Å². The maximum Gasteiger partial charge on any atom is 0.317 e. The number of likely N-dealkylation sites (tertiary alicyclic amines) is 2. The molecule has 11 rings (SSSR count). The van der Waals surface area contributed by atoms with Crippen LogP contribution in [0.15, 0.2) is 85.7 Å². The lowest BCUT2D eigenvalue weighted by Gasteiger charge is -2.38. The van der Waals surface area contributed by atoms with Crippen LogP contribution in [-0.4, -0.2) is 144 Å². The van der Waals surface area contributed by atoms with Crippen molar-refractivity contribution in [1.29, 1.82) is 0 Å². The van der Waals surface area contributed by atoms with E-state index in [4.69, 9.17) is 14.6 Å². The third-order valence-electron chi connectivity index (χ3n) is 16.8. The summed E-state index contributed by atoms with van der Waals surface area (Å²) in [6.07, 6.45) is 15.9. The SMILES string of the molecule is C=CC.CC.CC.CNC(=O)N1CCc2c(c(N3CCCc4cc(-c5cnn(C)c5)c(C(F)F)cc43)nn2C2CCN(C(=O)COCCOCC3CCN(CC4CCN(c5ccccc5)CC4)CC3)CC2)C1.Oc1ccc2c(c1)CCCC2. The molecule has 3 amide bonds. The van der Waals surface area contributed by atoms with E-state index in [1.165, 1.54) is 55.5 Å². The number of fused-ring (bicyclic) bond motifs is 3. The van der Waals surface area contributed by atoms with Crippen molar-refractivity contribution in [3.8, 4) is 16.9 Å². The topological polar surface area (TPSA) is 137 Å². The van der Waals surface area contributed by atoms with Gasteiger partial charge < -0.3 is 44.4 Å². The van der Waals surface area contributed by atoms with Crippen LogP contribution >= 0.6 is 0 Å². The van der Waals surface area contributed by atoms with E-state index in [9.17, 15) is 23.5 Å². The maximum atomic E-state index is 14.7. The number of urea groups is 1. The van der Waals surface area contributed by atoms with E-state index in [0.717, 1.165) is 112 Å². The number of ether oxygens (including phenoxy) is 2. The van der Waals surface area contributed by atoms with Crippen molar-refractivity contribution in [1.82, 2.24) is 39.6 Å². The minimum atomic E-state index is -2.68. The van der Waals surface area contributed by atoms with Gasteiger partial charge in [0.2, 0.25) is 5.91 Å². The number of amides is 3. The highest BCUT2D eigenvalue weighted by molar-refractivity contribution is 5.79. The van der Waals surface area contributed by atoms with Gasteiger partial charge in [0.15, 0.2) is 5.82 Å². The number of hydrogen-bond donors (Lipinski definition) is 2. The third kappa shape index (κ3) is 17.2. The minimum absolute atomic E-state index is 0.0172. The zero-order valence-electron chi connectivity index (χ0n) is 51.0. The van der Waals surface area contributed by atoms with E-state index in [1.807, 2.05) is 57.7 Å². The highest BCUT2D eigenvalue weighted by Crippen LogP contribution is 2.44. The first-order chi connectivity index (χ1) is 40.5. The predicted molar refractivity (Wildman–Crippen MR) is 330 cm³/mol. The quantitative estimate of drug-likeness (QED) is 0.0817. The molecule has 454 valence electrons. The number of alkyl halides is 2. The summed E-state index contributed by atoms with van der Waals surface area (Å²) in [6.45, 7) is 23.4. The molecule has 6 aliphatic rings. The van der Waals surface area contributed by atoms with E-state index in [0.29, 0.717) is 75.2 Å². The molecule has 83 heavy (non-hydrogen) atoms. The average Bonchev–Trinajstić information content (AvgIpc) is 4.38. The zero-order valence-corrected chi connectivity index (χ0v) is 51.0. The Bertz CT molecular complexity index is 2780. The largest absolute Gasteiger partial charge is 0.508 e. The number of phenolic OH excluding ortho intramolecular Hbond substituents is 1. The number of benzene rings is 3. The highest BCUT2D eigenvalue weighted by Gasteiger charge is 2.36. The zero-order chi connectivity index (χ0) is 59.3. The molecular formula is C66H96F2N10O5. The van der Waals surface area contributed by atoms with Crippen LogP contribution in [0.1, 0.15) is 138 Å². The number of halogens is 2. The molecule has 17 heteroatoms. The van der Waals surface area contributed by atoms with Crippen molar-refractivity contribution < 1.29 is 33.0 Å². The molecule has 5 aromatic rings. The Hall–Kier alpha value is -6.30. The molecule has 0 saturated carbocycles. The molecule has 3 fully saturated rings. The van der Waals surface area contributed by atoms with Gasteiger partial charge in [0.25, 0.3) is 6.43 Å². The highest BCUT2D eigenvalue weighted by atomic mass is 19.3. The summed E-state index contributed by atoms with van der Waals surface area (Å²) < 4.78 is 45.1. The van der Waals surface area contributed by atoms with Crippen LogP contribution in [0.4, 0.5) is 30.8 Å². The van der Waals surface area contributed by atoms with Gasteiger partial charge in [0.1, 0.15) is 12.4 Å². The Kier molecular flexibility index (Phi) is 25.3. The number of aromatic hydroxyl groups is 1. The predicted octanol–water partition coefficient (Wildman–Crippen LogP) is 12.3. The van der Waals surface area contributed by atoms with Crippen LogP contribution < -0.4 is 15.1 Å². The molecule has 15 nitrogen and oxygen atoms in total. The lowest BCUT2D eigenvalue weighted by Crippen LogP contribution is -2.43. The van der Waals surface area contributed by atoms with E-state index in [1.54, 1.807) is 54.3 Å². The Morgan fingerprint density at radius 3 is 2.13 bits per heavy atom. The lowest BCUT2D eigenvalue weighted by atomic mass is 9.92. The number of aryl methyl sites for hydroxylation is 4. The number of anilines is 3. The van der Waals surface area contributed by atoms with Gasteiger partial charge in [-0.15, -0.1) is 6.58 Å². The summed E-state index contributed by atoms with van der Waals surface area (Å²) in [5.74, 6) is 2.46. The van der Waals surface area contributed by atoms with Crippen molar-refractivity contribution in [2.75, 3.05) is 102 Å². The summed E-state index contributed by atoms with van der Waals surface area (Å²) in [6, 6.07) is 19.9. The number of piperidine rings is 3. The van der Waals surface area contributed by atoms with Crippen molar-refractivity contribution in [2.24, 2.45) is 18.9 Å². The fourth-order valence-corrected chi connectivity index (χ4v) is 12.6. The third-order valence-corrected chi connectivity index (χ3v) is 16.8. The number of nitrogens with one attached hydrogen (secondary N) is 1. The van der Waals surface area contributed by atoms with Gasteiger partial charge in [0.05, 0.1) is 32.0 Å². The second kappa shape index (κ2) is 32.7. The van der Waals surface area contributed by atoms with Crippen LogP contribution in [0.5, 0.6) is 5.75 Å². The first-order valence-electron chi connectivity index (χ1n) is 31.1. The van der Waals surface area contributed by atoms with Crippen LogP contribution in [0, 0.1) is 11.8 Å². The molecule has 0 unspecified atom stereocenters. The Balaban J connectivity index is 0.000000475. The van der Waals surface area contributed by atoms with E-state index < -0.39 is 6.43 Å².